The van der Waals surface area contributed by atoms with Crippen LogP contribution in [-0.2, 0) is 9.84 Å². The van der Waals surface area contributed by atoms with Gasteiger partial charge in [-0.1, -0.05) is 26.0 Å². The molecule has 92 valence electrons. The molecule has 4 heteroatoms. The van der Waals surface area contributed by atoms with Crippen LogP contribution < -0.4 is 0 Å². The van der Waals surface area contributed by atoms with Crippen molar-refractivity contribution < 1.29 is 8.42 Å². The zero-order valence-corrected chi connectivity index (χ0v) is 11.0. The summed E-state index contributed by atoms with van der Waals surface area (Å²) in [6.07, 6.45) is 0.675. The first kappa shape index (κ1) is 13.7. The molecule has 1 aromatic rings. The van der Waals surface area contributed by atoms with Crippen molar-refractivity contribution in [2.45, 2.75) is 37.5 Å². The van der Waals surface area contributed by atoms with Gasteiger partial charge in [-0.15, -0.1) is 0 Å². The number of nitrogens with zero attached hydrogens (tertiary/aromatic N) is 1. The Hall–Kier alpha value is -1.34. The van der Waals surface area contributed by atoms with Crippen molar-refractivity contribution >= 4 is 9.84 Å². The predicted octanol–water partition coefficient (Wildman–Crippen LogP) is 2.89. The molecule has 0 aliphatic rings. The summed E-state index contributed by atoms with van der Waals surface area (Å²) in [6, 6.07) is 8.95. The zero-order valence-electron chi connectivity index (χ0n) is 10.2. The lowest BCUT2D eigenvalue weighted by Crippen LogP contribution is -2.06. The van der Waals surface area contributed by atoms with E-state index in [9.17, 15) is 8.42 Å². The lowest BCUT2D eigenvalue weighted by atomic mass is 10.0. The zero-order chi connectivity index (χ0) is 12.9. The van der Waals surface area contributed by atoms with Crippen LogP contribution in [-0.4, -0.2) is 14.2 Å². The largest absolute Gasteiger partial charge is 0.224 e. The lowest BCUT2D eigenvalue weighted by molar-refractivity contribution is 0.593. The van der Waals surface area contributed by atoms with Crippen molar-refractivity contribution in [3.8, 4) is 6.07 Å². The van der Waals surface area contributed by atoms with E-state index in [4.69, 9.17) is 5.26 Å². The van der Waals surface area contributed by atoms with Crippen molar-refractivity contribution in [3.63, 3.8) is 0 Å². The number of nitriles is 1. The number of benzene rings is 1. The third-order valence-electron chi connectivity index (χ3n) is 2.61. The molecule has 0 heterocycles. The van der Waals surface area contributed by atoms with E-state index in [1.165, 1.54) is 0 Å². The fraction of sp³-hybridized carbons (Fsp3) is 0.462. The van der Waals surface area contributed by atoms with E-state index in [0.717, 1.165) is 5.56 Å². The number of hydrogen-bond acceptors (Lipinski definition) is 3. The third kappa shape index (κ3) is 3.86. The van der Waals surface area contributed by atoms with Crippen LogP contribution in [0, 0.1) is 11.3 Å². The highest BCUT2D eigenvalue weighted by molar-refractivity contribution is 7.91. The molecule has 17 heavy (non-hydrogen) atoms. The van der Waals surface area contributed by atoms with Gasteiger partial charge in [0.05, 0.1) is 16.7 Å². The van der Waals surface area contributed by atoms with Gasteiger partial charge >= 0.3 is 0 Å². The molecule has 0 saturated heterocycles. The van der Waals surface area contributed by atoms with Crippen LogP contribution in [0.15, 0.2) is 29.2 Å². The standard InChI is InChI=1S/C13H17NO2S/c1-11(2)12-5-7-13(8-6-12)17(15,16)10-4-3-9-14/h5-8,11H,3-4,10H2,1-2H3. The van der Waals surface area contributed by atoms with Crippen LogP contribution in [0.5, 0.6) is 0 Å². The monoisotopic (exact) mass is 251 g/mol. The van der Waals surface area contributed by atoms with Crippen LogP contribution in [0.1, 0.15) is 38.2 Å². The molecular formula is C13H17NO2S. The molecule has 1 aromatic carbocycles. The Morgan fingerprint density at radius 2 is 1.82 bits per heavy atom. The smallest absolute Gasteiger partial charge is 0.178 e. The van der Waals surface area contributed by atoms with Gasteiger partial charge in [-0.3, -0.25) is 0 Å². The van der Waals surface area contributed by atoms with E-state index >= 15 is 0 Å². The molecule has 1 rings (SSSR count). The summed E-state index contributed by atoms with van der Waals surface area (Å²) in [4.78, 5) is 0.347. The van der Waals surface area contributed by atoms with Crippen molar-refractivity contribution in [2.75, 3.05) is 5.75 Å². The molecule has 0 atom stereocenters. The van der Waals surface area contributed by atoms with Gasteiger partial charge in [0.15, 0.2) is 9.84 Å². The van der Waals surface area contributed by atoms with Gasteiger partial charge in [0.2, 0.25) is 0 Å². The summed E-state index contributed by atoms with van der Waals surface area (Å²) in [7, 11) is -3.23. The number of unbranched alkanes of at least 4 members (excludes halogenated alkanes) is 1. The normalized spacial score (nSPS) is 11.4. The maximum Gasteiger partial charge on any atom is 0.178 e. The molecule has 0 N–H and O–H groups in total. The first-order chi connectivity index (χ1) is 7.97. The summed E-state index contributed by atoms with van der Waals surface area (Å²) in [5, 5.41) is 8.39. The Bertz CT molecular complexity index is 495. The second-order valence-electron chi connectivity index (χ2n) is 4.30. The van der Waals surface area contributed by atoms with Crippen molar-refractivity contribution in [1.82, 2.24) is 0 Å². The Morgan fingerprint density at radius 1 is 1.24 bits per heavy atom. The molecule has 0 amide bonds. The van der Waals surface area contributed by atoms with E-state index in [-0.39, 0.29) is 12.2 Å². The molecular weight excluding hydrogens is 234 g/mol. The first-order valence-electron chi connectivity index (χ1n) is 5.67. The SMILES string of the molecule is CC(C)c1ccc(S(=O)(=O)CCCC#N)cc1. The Balaban J connectivity index is 2.82. The summed E-state index contributed by atoms with van der Waals surface area (Å²) in [5.41, 5.74) is 1.13. The fourth-order valence-corrected chi connectivity index (χ4v) is 2.83. The van der Waals surface area contributed by atoms with Gasteiger partial charge in [-0.2, -0.15) is 5.26 Å². The summed E-state index contributed by atoms with van der Waals surface area (Å²) in [6.45, 7) is 4.13. The van der Waals surface area contributed by atoms with Crippen molar-refractivity contribution in [3.05, 3.63) is 29.8 Å². The minimum Gasteiger partial charge on any atom is -0.224 e. The Kier molecular flexibility index (Phi) is 4.71. The average Bonchev–Trinajstić information content (AvgIpc) is 2.29. The maximum atomic E-state index is 11.9. The van der Waals surface area contributed by atoms with Gasteiger partial charge in [0, 0.05) is 6.42 Å². The third-order valence-corrected chi connectivity index (χ3v) is 4.42. The predicted molar refractivity (Wildman–Crippen MR) is 67.4 cm³/mol. The molecule has 0 spiro atoms. The van der Waals surface area contributed by atoms with Crippen LogP contribution >= 0.6 is 0 Å². The van der Waals surface area contributed by atoms with Crippen LogP contribution in [0.2, 0.25) is 0 Å². The number of hydrogen-bond donors (Lipinski definition) is 0. The molecule has 0 unspecified atom stereocenters. The maximum absolute atomic E-state index is 11.9. The topological polar surface area (TPSA) is 57.9 Å². The highest BCUT2D eigenvalue weighted by Gasteiger charge is 2.13. The Morgan fingerprint density at radius 3 is 2.29 bits per heavy atom. The number of rotatable bonds is 5. The van der Waals surface area contributed by atoms with E-state index in [1.807, 2.05) is 18.2 Å². The highest BCUT2D eigenvalue weighted by Crippen LogP contribution is 2.18. The molecule has 3 nitrogen and oxygen atoms in total. The molecule has 0 fully saturated rings. The number of sulfone groups is 1. The van der Waals surface area contributed by atoms with E-state index in [2.05, 4.69) is 13.8 Å². The highest BCUT2D eigenvalue weighted by atomic mass is 32.2. The minimum atomic E-state index is -3.23. The summed E-state index contributed by atoms with van der Waals surface area (Å²) >= 11 is 0. The molecule has 0 radical (unpaired) electrons. The summed E-state index contributed by atoms with van der Waals surface area (Å²) in [5.74, 6) is 0.437. The molecule has 0 saturated carbocycles. The van der Waals surface area contributed by atoms with E-state index < -0.39 is 9.84 Å². The van der Waals surface area contributed by atoms with Crippen LogP contribution in [0.3, 0.4) is 0 Å². The van der Waals surface area contributed by atoms with Gasteiger partial charge < -0.3 is 0 Å². The average molecular weight is 251 g/mol. The quantitative estimate of drug-likeness (QED) is 0.756. The molecule has 0 aliphatic heterocycles. The van der Waals surface area contributed by atoms with Gasteiger partial charge in [-0.25, -0.2) is 8.42 Å². The molecule has 0 bridgehead atoms. The van der Waals surface area contributed by atoms with Crippen molar-refractivity contribution in [1.29, 1.82) is 5.26 Å². The molecule has 0 aromatic heterocycles. The molecule has 0 aliphatic carbocycles. The van der Waals surface area contributed by atoms with E-state index in [0.29, 0.717) is 17.2 Å². The van der Waals surface area contributed by atoms with Gasteiger partial charge in [0.1, 0.15) is 0 Å². The van der Waals surface area contributed by atoms with Crippen LogP contribution in [0.25, 0.3) is 0 Å². The minimum absolute atomic E-state index is 0.0432. The van der Waals surface area contributed by atoms with Gasteiger partial charge in [0.25, 0.3) is 0 Å². The fourth-order valence-electron chi connectivity index (χ4n) is 1.52. The second kappa shape index (κ2) is 5.83. The van der Waals surface area contributed by atoms with Gasteiger partial charge in [-0.05, 0) is 30.0 Å². The Labute approximate surface area is 103 Å². The van der Waals surface area contributed by atoms with E-state index in [1.54, 1.807) is 12.1 Å². The summed E-state index contributed by atoms with van der Waals surface area (Å²) < 4.78 is 23.8. The van der Waals surface area contributed by atoms with Crippen LogP contribution in [0.4, 0.5) is 0 Å². The first-order valence-corrected chi connectivity index (χ1v) is 7.32. The van der Waals surface area contributed by atoms with Crippen molar-refractivity contribution in [2.24, 2.45) is 0 Å². The second-order valence-corrected chi connectivity index (χ2v) is 6.41. The lowest BCUT2D eigenvalue weighted by Gasteiger charge is -2.07.